The average Bonchev–Trinajstić information content (AvgIpc) is 2.74. The van der Waals surface area contributed by atoms with Gasteiger partial charge in [-0.3, -0.25) is 0 Å². The van der Waals surface area contributed by atoms with E-state index in [0.29, 0.717) is 0 Å². The fraction of sp³-hybridized carbons (Fsp3) is 0.182. The van der Waals surface area contributed by atoms with Gasteiger partial charge in [-0.2, -0.15) is 0 Å². The highest BCUT2D eigenvalue weighted by Crippen LogP contribution is 2.24. The minimum atomic E-state index is -0.186. The molecular weight excluding hydrogens is 228 g/mol. The molecule has 1 atom stereocenters. The Labute approximate surface area is 97.7 Å². The summed E-state index contributed by atoms with van der Waals surface area (Å²) in [4.78, 5) is 4.20. The molecule has 0 aliphatic rings. The van der Waals surface area contributed by atoms with Gasteiger partial charge < -0.3 is 5.73 Å². The van der Waals surface area contributed by atoms with E-state index in [1.807, 2.05) is 30.5 Å². The second-order valence-electron chi connectivity index (χ2n) is 3.40. The van der Waals surface area contributed by atoms with Crippen LogP contribution in [0.15, 0.2) is 29.1 Å². The molecular formula is C11H11ClN2S. The second-order valence-corrected chi connectivity index (χ2v) is 4.53. The van der Waals surface area contributed by atoms with Gasteiger partial charge in [0.25, 0.3) is 0 Å². The second kappa shape index (κ2) is 4.31. The molecule has 2 N–H and O–H groups in total. The van der Waals surface area contributed by atoms with Crippen LogP contribution in [0, 0.1) is 6.92 Å². The van der Waals surface area contributed by atoms with Gasteiger partial charge >= 0.3 is 0 Å². The van der Waals surface area contributed by atoms with E-state index >= 15 is 0 Å². The number of aryl methyl sites for hydroxylation is 1. The number of rotatable bonds is 2. The van der Waals surface area contributed by atoms with Crippen LogP contribution in [0.2, 0.25) is 5.02 Å². The Morgan fingerprint density at radius 1 is 1.47 bits per heavy atom. The van der Waals surface area contributed by atoms with E-state index in [-0.39, 0.29) is 6.04 Å². The van der Waals surface area contributed by atoms with E-state index in [1.165, 1.54) is 0 Å². The molecule has 1 aromatic carbocycles. The van der Waals surface area contributed by atoms with Gasteiger partial charge in [-0.25, -0.2) is 4.98 Å². The van der Waals surface area contributed by atoms with Crippen LogP contribution in [-0.2, 0) is 0 Å². The number of thiazole rings is 1. The molecule has 2 nitrogen and oxygen atoms in total. The minimum absolute atomic E-state index is 0.186. The maximum absolute atomic E-state index is 6.07. The zero-order valence-electron chi connectivity index (χ0n) is 8.27. The molecule has 0 saturated carbocycles. The molecule has 15 heavy (non-hydrogen) atoms. The van der Waals surface area contributed by atoms with Crippen molar-refractivity contribution in [1.82, 2.24) is 4.98 Å². The number of hydrogen-bond donors (Lipinski definition) is 1. The topological polar surface area (TPSA) is 38.9 Å². The van der Waals surface area contributed by atoms with Gasteiger partial charge in [0.15, 0.2) is 0 Å². The van der Waals surface area contributed by atoms with Crippen LogP contribution in [0.5, 0.6) is 0 Å². The smallest absolute Gasteiger partial charge is 0.0795 e. The first-order valence-electron chi connectivity index (χ1n) is 4.58. The number of aromatic nitrogens is 1. The molecule has 1 heterocycles. The number of halogens is 1. The molecule has 0 aliphatic carbocycles. The van der Waals surface area contributed by atoms with Crippen LogP contribution in [0.25, 0.3) is 0 Å². The van der Waals surface area contributed by atoms with E-state index in [2.05, 4.69) is 4.98 Å². The van der Waals surface area contributed by atoms with Crippen molar-refractivity contribution in [3.05, 3.63) is 50.9 Å². The van der Waals surface area contributed by atoms with Crippen molar-refractivity contribution in [2.24, 2.45) is 5.73 Å². The third-order valence-electron chi connectivity index (χ3n) is 2.33. The number of nitrogens with zero attached hydrogens (tertiary/aromatic N) is 1. The van der Waals surface area contributed by atoms with E-state index in [9.17, 15) is 0 Å². The molecule has 0 saturated heterocycles. The molecule has 0 radical (unpaired) electrons. The third-order valence-corrected chi connectivity index (χ3v) is 3.34. The predicted molar refractivity (Wildman–Crippen MR) is 64.3 cm³/mol. The molecule has 0 amide bonds. The lowest BCUT2D eigenvalue weighted by atomic mass is 10.0. The van der Waals surface area contributed by atoms with Crippen molar-refractivity contribution in [2.75, 3.05) is 0 Å². The summed E-state index contributed by atoms with van der Waals surface area (Å²) in [5.41, 5.74) is 10.8. The molecule has 2 rings (SSSR count). The Hall–Kier alpha value is -0.900. The third kappa shape index (κ3) is 2.20. The number of hydrogen-bond acceptors (Lipinski definition) is 3. The largest absolute Gasteiger partial charge is 0.319 e. The minimum Gasteiger partial charge on any atom is -0.319 e. The molecule has 78 valence electrons. The van der Waals surface area contributed by atoms with Crippen molar-refractivity contribution in [3.8, 4) is 0 Å². The summed E-state index contributed by atoms with van der Waals surface area (Å²) >= 11 is 7.59. The lowest BCUT2D eigenvalue weighted by molar-refractivity contribution is 0.838. The normalized spacial score (nSPS) is 12.7. The Balaban J connectivity index is 2.34. The van der Waals surface area contributed by atoms with Gasteiger partial charge in [0.1, 0.15) is 0 Å². The summed E-state index contributed by atoms with van der Waals surface area (Å²) in [6, 6.07) is 5.69. The average molecular weight is 239 g/mol. The first kappa shape index (κ1) is 10.6. The quantitative estimate of drug-likeness (QED) is 0.873. The van der Waals surface area contributed by atoms with Gasteiger partial charge in [-0.15, -0.1) is 11.3 Å². The zero-order chi connectivity index (χ0) is 10.8. The molecule has 0 fully saturated rings. The Morgan fingerprint density at radius 2 is 2.27 bits per heavy atom. The van der Waals surface area contributed by atoms with Crippen molar-refractivity contribution in [2.45, 2.75) is 13.0 Å². The van der Waals surface area contributed by atoms with Crippen LogP contribution in [0.1, 0.15) is 22.9 Å². The number of benzene rings is 1. The summed E-state index contributed by atoms with van der Waals surface area (Å²) in [6.07, 6.45) is 0. The summed E-state index contributed by atoms with van der Waals surface area (Å²) in [5, 5.41) is 2.71. The summed E-state index contributed by atoms with van der Waals surface area (Å²) in [6.45, 7) is 1.97. The van der Waals surface area contributed by atoms with Crippen molar-refractivity contribution < 1.29 is 0 Å². The van der Waals surface area contributed by atoms with E-state index in [0.717, 1.165) is 21.8 Å². The molecule has 0 spiro atoms. The molecule has 0 aliphatic heterocycles. The molecule has 1 unspecified atom stereocenters. The van der Waals surface area contributed by atoms with Crippen molar-refractivity contribution in [1.29, 1.82) is 0 Å². The van der Waals surface area contributed by atoms with Crippen LogP contribution in [-0.4, -0.2) is 4.98 Å². The van der Waals surface area contributed by atoms with Crippen molar-refractivity contribution >= 4 is 22.9 Å². The monoisotopic (exact) mass is 238 g/mol. The summed E-state index contributed by atoms with van der Waals surface area (Å²) < 4.78 is 0. The van der Waals surface area contributed by atoms with E-state index in [1.54, 1.807) is 16.8 Å². The molecule has 0 bridgehead atoms. The molecule has 4 heteroatoms. The molecule has 2 aromatic rings. The zero-order valence-corrected chi connectivity index (χ0v) is 9.85. The first-order valence-corrected chi connectivity index (χ1v) is 5.90. The van der Waals surface area contributed by atoms with Crippen molar-refractivity contribution in [3.63, 3.8) is 0 Å². The maximum atomic E-state index is 6.07. The van der Waals surface area contributed by atoms with Crippen LogP contribution >= 0.6 is 22.9 Å². The van der Waals surface area contributed by atoms with Gasteiger partial charge in [-0.05, 0) is 24.1 Å². The fourth-order valence-electron chi connectivity index (χ4n) is 1.35. The predicted octanol–water partition coefficient (Wildman–Crippen LogP) is 3.15. The van der Waals surface area contributed by atoms with Gasteiger partial charge in [0.2, 0.25) is 0 Å². The Bertz CT molecular complexity index is 454. The van der Waals surface area contributed by atoms with Crippen LogP contribution in [0.4, 0.5) is 0 Å². The Kier molecular flexibility index (Phi) is 3.05. The Morgan fingerprint density at radius 3 is 2.87 bits per heavy atom. The highest BCUT2D eigenvalue weighted by atomic mass is 35.5. The van der Waals surface area contributed by atoms with Gasteiger partial charge in [0, 0.05) is 10.4 Å². The summed E-state index contributed by atoms with van der Waals surface area (Å²) in [7, 11) is 0. The fourth-order valence-corrected chi connectivity index (χ4v) is 2.13. The van der Waals surface area contributed by atoms with E-state index in [4.69, 9.17) is 17.3 Å². The lowest BCUT2D eigenvalue weighted by Crippen LogP contribution is -2.12. The molecule has 1 aromatic heterocycles. The standard InChI is InChI=1S/C11H11ClN2S/c1-7-2-3-8(4-9(7)12)11(13)10-5-15-6-14-10/h2-6,11H,13H2,1H3. The highest BCUT2D eigenvalue weighted by Gasteiger charge is 2.11. The summed E-state index contributed by atoms with van der Waals surface area (Å²) in [5.74, 6) is 0. The van der Waals surface area contributed by atoms with E-state index < -0.39 is 0 Å². The lowest BCUT2D eigenvalue weighted by Gasteiger charge is -2.10. The van der Waals surface area contributed by atoms with Crippen LogP contribution < -0.4 is 5.73 Å². The van der Waals surface area contributed by atoms with Crippen LogP contribution in [0.3, 0.4) is 0 Å². The number of nitrogens with two attached hydrogens (primary N) is 1. The van der Waals surface area contributed by atoms with Gasteiger partial charge in [-0.1, -0.05) is 23.7 Å². The maximum Gasteiger partial charge on any atom is 0.0795 e. The SMILES string of the molecule is Cc1ccc(C(N)c2cscn2)cc1Cl. The highest BCUT2D eigenvalue weighted by molar-refractivity contribution is 7.07. The van der Waals surface area contributed by atoms with Gasteiger partial charge in [0.05, 0.1) is 17.2 Å². The first-order chi connectivity index (χ1) is 7.18.